The van der Waals surface area contributed by atoms with E-state index < -0.39 is 313 Å². The molecule has 0 unspecified atom stereocenters. The molecule has 20 aromatic rings. The minimum atomic E-state index is -3.96. The van der Waals surface area contributed by atoms with Crippen LogP contribution in [0.25, 0.3) is 122 Å². The van der Waals surface area contributed by atoms with Crippen molar-refractivity contribution in [3.8, 4) is 78.4 Å². The molecule has 22 rings (SSSR count). The number of hydrogen-bond donors (Lipinski definition) is 0. The van der Waals surface area contributed by atoms with Crippen LogP contribution in [-0.2, 0) is 70.2 Å². The molecular formula is C122H94F4N8Pt2-6. The molecule has 14 heteroatoms. The first kappa shape index (κ1) is 56.2. The van der Waals surface area contributed by atoms with E-state index in [2.05, 4.69) is 34.2 Å². The zero-order chi connectivity index (χ0) is 125. The molecule has 8 nitrogen and oxygen atoms in total. The van der Waals surface area contributed by atoms with Crippen LogP contribution in [0, 0.1) is 37.6 Å². The number of para-hydroxylation sites is 6. The van der Waals surface area contributed by atoms with Crippen LogP contribution in [0.4, 0.5) is 63.1 Å². The summed E-state index contributed by atoms with van der Waals surface area (Å²) in [5.74, 6) is -7.49. The fourth-order valence-corrected chi connectivity index (χ4v) is 16.6. The van der Waals surface area contributed by atoms with E-state index in [1.807, 2.05) is 62.3 Å². The second-order valence-electron chi connectivity index (χ2n) is 34.7. The first-order valence-corrected chi connectivity index (χ1v) is 42.2. The van der Waals surface area contributed by atoms with Crippen molar-refractivity contribution in [3.63, 3.8) is 0 Å². The molecule has 0 N–H and O–H groups in total. The Morgan fingerprint density at radius 1 is 0.279 bits per heavy atom. The first-order chi connectivity index (χ1) is 80.6. The summed E-state index contributed by atoms with van der Waals surface area (Å²) in [6.45, 7) is 20.0. The van der Waals surface area contributed by atoms with Crippen molar-refractivity contribution in [2.24, 2.45) is 0 Å². The number of hydrogen-bond acceptors (Lipinski definition) is 6. The standard InChI is InChI=1S/C63H51F2N4.C59H43F2N4.2Pt/c1-61(2,3)46-32-33-66-59(40-46)69-55-27-17-16-26-51(55)52-31-30-47(39-58(52)69)63(64,65)49-36-48(62(4,5)6)37-50(38-49)67-41-68(57-29-19-18-28-56(57)67)60-53(43-22-12-8-13-23-43)34-45(42-20-10-7-11-21-42)35-54(60)44-24-14-9-15-25-44;1-58(2,3)44-32-33-62-56(38-44)65-52-27-14-13-26-48(52)49-31-30-46(37-55(49)65)59(60,61)45-24-17-25-47(36-45)63-39-64(54-29-16-15-28-53(54)63)57-50(41-20-9-5-10-21-41)34-43(40-18-7-4-8-19-40)35-51(57)42-22-11-6-12-23-42;;/h7-37,40-41H,1-6H3;4-35,38-39H,1-3H3;;/q2*-3;;/i7D,8D,9D,10D,11D,12D,13D,14D,15D,16D,17D,20D,21D,22D,23D,24D,25D,26D,27D;4D,5D,6D,7D,8D,9D,10D,11D,12D,13D,14D,18D,19D,20D,21D,22D,23D,26D,27D;;. The zero-order valence-electron chi connectivity index (χ0n) is 111. The Morgan fingerprint density at radius 3 is 0.978 bits per heavy atom. The Kier molecular flexibility index (Phi) is 15.1. The third-order valence-electron chi connectivity index (χ3n) is 23.3. The van der Waals surface area contributed by atoms with Crippen LogP contribution < -0.4 is 19.6 Å². The van der Waals surface area contributed by atoms with Gasteiger partial charge in [0.15, 0.2) is 0 Å². The molecule has 4 aromatic heterocycles. The molecular weight excluding hydrogens is 2040 g/mol. The number of nitrogens with zero attached hydrogens (tertiary/aromatic N) is 8. The van der Waals surface area contributed by atoms with Gasteiger partial charge in [-0.25, -0.2) is 27.5 Å². The van der Waals surface area contributed by atoms with Crippen LogP contribution in [0.2, 0.25) is 0 Å². The fourth-order valence-electron chi connectivity index (χ4n) is 16.6. The van der Waals surface area contributed by atoms with Crippen LogP contribution in [0.1, 0.15) is 153 Å². The number of pyridine rings is 2. The number of rotatable bonds is 16. The maximum Gasteiger partial charge on any atom is 0.254 e. The van der Waals surface area contributed by atoms with E-state index in [9.17, 15) is 11.0 Å². The summed E-state index contributed by atoms with van der Waals surface area (Å²) in [4.78, 5) is 14.9. The van der Waals surface area contributed by atoms with Crippen molar-refractivity contribution >= 4 is 89.1 Å². The summed E-state index contributed by atoms with van der Waals surface area (Å²) in [6, 6.07) is 21.5. The molecule has 6 heterocycles. The van der Waals surface area contributed by atoms with Gasteiger partial charge in [0.05, 0.1) is 52.1 Å². The molecule has 0 aliphatic carbocycles. The largest absolute Gasteiger partial charge is 0.493 e. The smallest absolute Gasteiger partial charge is 0.254 e. The Balaban J connectivity index is 0.000000210. The normalized spacial score (nSPS) is 16.7. The Labute approximate surface area is 874 Å². The number of halogens is 4. The molecule has 2 aliphatic rings. The summed E-state index contributed by atoms with van der Waals surface area (Å²) in [6.07, 6.45) is 3.06. The monoisotopic (exact) mass is 2170 g/mol. The van der Waals surface area contributed by atoms with Crippen molar-refractivity contribution in [2.75, 3.05) is 19.6 Å². The van der Waals surface area contributed by atoms with E-state index in [1.165, 1.54) is 109 Å². The topological polar surface area (TPSA) is 48.6 Å². The molecule has 2 aliphatic heterocycles. The molecule has 0 saturated carbocycles. The number of alkyl halides is 4. The van der Waals surface area contributed by atoms with Gasteiger partial charge in [-0.2, -0.15) is 66.2 Å². The third kappa shape index (κ3) is 16.9. The number of fused-ring (bicyclic) bond motifs is 8. The van der Waals surface area contributed by atoms with E-state index in [1.54, 1.807) is 78.9 Å². The van der Waals surface area contributed by atoms with Gasteiger partial charge in [0.1, 0.15) is 11.6 Å². The minimum absolute atomic E-state index is 0. The Bertz CT molecular complexity index is 10000. The van der Waals surface area contributed by atoms with Gasteiger partial charge in [0.2, 0.25) is 0 Å². The molecule has 0 bridgehead atoms. The molecule has 676 valence electrons. The molecule has 0 saturated heterocycles. The van der Waals surface area contributed by atoms with Crippen LogP contribution in [0.5, 0.6) is 0 Å². The Hall–Kier alpha value is -14.3. The number of aromatic nitrogens is 4. The SMILES string of the molecule is [2H]c1c([2H])c([2H])c(-c2cc(-c3c([2H])c([2H])c([2H])c([2H])c3[2H])c(N3[CH-]N(c4[c-]c(C(F)(F)c5[c-]c6c(cc5)c5c([2H])c([2H])c([2H])c([2H])c5n6-c5cc(C(C)(C)C)ccn5)cc(C(C)(C)C)c4)c4ccccc43)c(-c3c([2H])c([2H])c([2H])c([2H])c3[2H])c2)c([2H])c1[2H].[2H]c1c([2H])c([2H])c(-c2cc(-c3c([2H])c([2H])c([2H])c([2H])c3[2H])c(N3[CH-]N(c4[c-]c(C(F)(F)c5[c-]c6c(cc5)c5c([2H])c([2H])c([2H])c([2H])c5n6-c5cc(C(C)(C)C)ccn5)ccc4)c4ccccc43)c(-c3c([2H])c([2H])c([2H])c([2H])c3[2H])c2)c([2H])c1[2H].[Pt].[Pt]. The summed E-state index contributed by atoms with van der Waals surface area (Å²) in [7, 11) is 0. The molecule has 16 aromatic carbocycles. The van der Waals surface area contributed by atoms with E-state index in [0.29, 0.717) is 5.56 Å². The van der Waals surface area contributed by atoms with E-state index in [4.69, 9.17) is 41.1 Å². The van der Waals surface area contributed by atoms with E-state index >= 15 is 17.6 Å². The number of benzene rings is 16. The molecule has 0 radical (unpaired) electrons. The molecule has 136 heavy (non-hydrogen) atoms. The predicted molar refractivity (Wildman–Crippen MR) is 543 cm³/mol. The summed E-state index contributed by atoms with van der Waals surface area (Å²) in [5.41, 5.74) is -6.40. The van der Waals surface area contributed by atoms with Gasteiger partial charge in [0, 0.05) is 122 Å². The van der Waals surface area contributed by atoms with Crippen molar-refractivity contribution < 1.29 is 112 Å². The fraction of sp³-hybridized carbons (Fsp3) is 0.115. The minimum Gasteiger partial charge on any atom is -0.493 e. The second kappa shape index (κ2) is 36.5. The molecule has 0 spiro atoms. The van der Waals surface area contributed by atoms with Gasteiger partial charge in [-0.1, -0.05) is 337 Å². The Morgan fingerprint density at radius 2 is 0.603 bits per heavy atom. The maximum absolute atomic E-state index is 18.2. The quantitative estimate of drug-likeness (QED) is 0.0710. The number of anilines is 8. The van der Waals surface area contributed by atoms with Gasteiger partial charge in [-0.05, 0) is 168 Å². The van der Waals surface area contributed by atoms with Crippen molar-refractivity contribution in [1.82, 2.24) is 19.1 Å². The van der Waals surface area contributed by atoms with Crippen LogP contribution >= 0.6 is 0 Å². The average molecular weight is 2180 g/mol. The first-order valence-electron chi connectivity index (χ1n) is 61.2. The molecule has 0 fully saturated rings. The van der Waals surface area contributed by atoms with Gasteiger partial charge >= 0.3 is 0 Å². The summed E-state index contributed by atoms with van der Waals surface area (Å²) < 4.78 is 411. The van der Waals surface area contributed by atoms with Crippen LogP contribution in [0.15, 0.2) is 394 Å². The van der Waals surface area contributed by atoms with Crippen molar-refractivity contribution in [3.05, 3.63) is 470 Å². The summed E-state index contributed by atoms with van der Waals surface area (Å²) >= 11 is 0. The maximum atomic E-state index is 18.2. The van der Waals surface area contributed by atoms with Crippen LogP contribution in [-0.4, -0.2) is 19.1 Å². The van der Waals surface area contributed by atoms with Crippen LogP contribution in [0.3, 0.4) is 0 Å². The summed E-state index contributed by atoms with van der Waals surface area (Å²) in [5, 5.41) is 0.542. The van der Waals surface area contributed by atoms with E-state index in [0.717, 1.165) is 29.3 Å². The average Bonchev–Trinajstić information content (AvgIpc) is 1.49. The van der Waals surface area contributed by atoms with E-state index in [-0.39, 0.29) is 176 Å². The van der Waals surface area contributed by atoms with Gasteiger partial charge in [0.25, 0.3) is 11.8 Å². The van der Waals surface area contributed by atoms with Crippen molar-refractivity contribution in [1.29, 1.82) is 0 Å². The van der Waals surface area contributed by atoms with Gasteiger partial charge in [-0.3, -0.25) is 0 Å². The second-order valence-corrected chi connectivity index (χ2v) is 34.7. The molecule has 0 amide bonds. The van der Waals surface area contributed by atoms with Gasteiger partial charge in [-0.15, -0.1) is 53.7 Å². The molecule has 0 atom stereocenters. The zero-order valence-corrected chi connectivity index (χ0v) is 78.0. The third-order valence-corrected chi connectivity index (χ3v) is 23.3. The predicted octanol–water partition coefficient (Wildman–Crippen LogP) is 32.5. The van der Waals surface area contributed by atoms with Gasteiger partial charge < -0.3 is 28.7 Å². The van der Waals surface area contributed by atoms with Crippen molar-refractivity contribution in [2.45, 2.75) is 90.4 Å².